The molecule has 1 heterocycles. The van der Waals surface area contributed by atoms with Gasteiger partial charge in [0.2, 0.25) is 0 Å². The van der Waals surface area contributed by atoms with E-state index in [0.29, 0.717) is 12.6 Å². The predicted octanol–water partition coefficient (Wildman–Crippen LogP) is 5.66. The van der Waals surface area contributed by atoms with E-state index in [9.17, 15) is 4.79 Å². The van der Waals surface area contributed by atoms with Crippen LogP contribution in [0.5, 0.6) is 0 Å². The summed E-state index contributed by atoms with van der Waals surface area (Å²) < 4.78 is 0.994. The number of carbonyl (C=O) groups excluding carboxylic acids is 1. The summed E-state index contributed by atoms with van der Waals surface area (Å²) >= 11 is 3.45. The summed E-state index contributed by atoms with van der Waals surface area (Å²) in [7, 11) is 0. The number of benzene rings is 2. The highest BCUT2D eigenvalue weighted by Crippen LogP contribution is 2.18. The Morgan fingerprint density at radius 1 is 1.11 bits per heavy atom. The van der Waals surface area contributed by atoms with Gasteiger partial charge in [-0.25, -0.2) is 0 Å². The first-order valence-electron chi connectivity index (χ1n) is 10.4. The van der Waals surface area contributed by atoms with Crippen molar-refractivity contribution in [1.29, 1.82) is 0 Å². The largest absolute Gasteiger partial charge is 0.334 e. The molecule has 3 rings (SSSR count). The molecule has 1 fully saturated rings. The van der Waals surface area contributed by atoms with Crippen LogP contribution < -0.4 is 0 Å². The fourth-order valence-electron chi connectivity index (χ4n) is 3.90. The first kappa shape index (κ1) is 21.1. The number of rotatable bonds is 7. The molecule has 0 N–H and O–H groups in total. The molecule has 0 spiro atoms. The third-order valence-corrected chi connectivity index (χ3v) is 6.22. The van der Waals surface area contributed by atoms with Crippen LogP contribution in [-0.2, 0) is 6.54 Å². The van der Waals surface area contributed by atoms with Crippen molar-refractivity contribution in [3.05, 3.63) is 69.7 Å². The fraction of sp³-hybridized carbons (Fsp3) is 0.458. The summed E-state index contributed by atoms with van der Waals surface area (Å²) in [4.78, 5) is 17.8. The molecule has 1 saturated heterocycles. The molecular formula is C24H31BrN2O. The second kappa shape index (κ2) is 10.2. The zero-order valence-electron chi connectivity index (χ0n) is 17.0. The van der Waals surface area contributed by atoms with Gasteiger partial charge in [-0.15, -0.1) is 0 Å². The lowest BCUT2D eigenvalue weighted by Crippen LogP contribution is -2.40. The normalized spacial score (nSPS) is 17.5. The van der Waals surface area contributed by atoms with Gasteiger partial charge in [-0.05, 0) is 69.5 Å². The van der Waals surface area contributed by atoms with Crippen LogP contribution in [0.4, 0.5) is 0 Å². The lowest BCUT2D eigenvalue weighted by Gasteiger charge is -2.34. The molecule has 150 valence electrons. The first-order chi connectivity index (χ1) is 13.5. The van der Waals surface area contributed by atoms with Crippen molar-refractivity contribution in [2.75, 3.05) is 19.6 Å². The van der Waals surface area contributed by atoms with E-state index in [1.54, 1.807) is 0 Å². The van der Waals surface area contributed by atoms with Crippen LogP contribution in [0.1, 0.15) is 54.1 Å². The first-order valence-corrected chi connectivity index (χ1v) is 11.2. The third kappa shape index (κ3) is 5.92. The summed E-state index contributed by atoms with van der Waals surface area (Å²) in [6.45, 7) is 8.13. The SMILES string of the molecule is Cc1ccc(CN(CCCN2CCCCC2C)C(=O)c2ccc(Br)cc2)cc1. The van der Waals surface area contributed by atoms with Gasteiger partial charge in [-0.2, -0.15) is 0 Å². The van der Waals surface area contributed by atoms with Gasteiger partial charge in [0.25, 0.3) is 5.91 Å². The van der Waals surface area contributed by atoms with Gasteiger partial charge >= 0.3 is 0 Å². The maximum Gasteiger partial charge on any atom is 0.254 e. The Morgan fingerprint density at radius 3 is 2.50 bits per heavy atom. The van der Waals surface area contributed by atoms with Crippen molar-refractivity contribution in [2.45, 2.75) is 52.1 Å². The smallest absolute Gasteiger partial charge is 0.254 e. The highest BCUT2D eigenvalue weighted by atomic mass is 79.9. The molecule has 0 aliphatic carbocycles. The van der Waals surface area contributed by atoms with Crippen LogP contribution in [0.3, 0.4) is 0 Å². The molecule has 0 saturated carbocycles. The van der Waals surface area contributed by atoms with Crippen molar-refractivity contribution >= 4 is 21.8 Å². The minimum Gasteiger partial charge on any atom is -0.334 e. The second-order valence-electron chi connectivity index (χ2n) is 7.95. The molecule has 1 atom stereocenters. The number of hydrogen-bond donors (Lipinski definition) is 0. The summed E-state index contributed by atoms with van der Waals surface area (Å²) in [5.74, 6) is 0.111. The lowest BCUT2D eigenvalue weighted by atomic mass is 10.0. The Labute approximate surface area is 177 Å². The van der Waals surface area contributed by atoms with Gasteiger partial charge in [0.05, 0.1) is 0 Å². The van der Waals surface area contributed by atoms with Gasteiger partial charge in [0.15, 0.2) is 0 Å². The molecule has 28 heavy (non-hydrogen) atoms. The maximum absolute atomic E-state index is 13.2. The Bertz CT molecular complexity index is 757. The number of hydrogen-bond acceptors (Lipinski definition) is 2. The van der Waals surface area contributed by atoms with E-state index in [0.717, 1.165) is 29.5 Å². The van der Waals surface area contributed by atoms with Crippen molar-refractivity contribution in [1.82, 2.24) is 9.80 Å². The van der Waals surface area contributed by atoms with E-state index >= 15 is 0 Å². The molecule has 0 bridgehead atoms. The van der Waals surface area contributed by atoms with Gasteiger partial charge in [-0.1, -0.05) is 52.2 Å². The zero-order chi connectivity index (χ0) is 19.9. The minimum atomic E-state index is 0.111. The molecule has 1 amide bonds. The third-order valence-electron chi connectivity index (χ3n) is 5.69. The standard InChI is InChI=1S/C24H31BrN2O/c1-19-7-9-21(10-8-19)18-27(24(28)22-11-13-23(25)14-12-22)17-5-16-26-15-4-3-6-20(26)2/h7-14,20H,3-6,15-18H2,1-2H3. The van der Waals surface area contributed by atoms with Crippen LogP contribution in [0.2, 0.25) is 0 Å². The van der Waals surface area contributed by atoms with E-state index < -0.39 is 0 Å². The number of aryl methyl sites for hydroxylation is 1. The zero-order valence-corrected chi connectivity index (χ0v) is 18.6. The molecule has 4 heteroatoms. The van der Waals surface area contributed by atoms with E-state index in [2.05, 4.69) is 58.9 Å². The monoisotopic (exact) mass is 442 g/mol. The number of carbonyl (C=O) groups is 1. The average molecular weight is 443 g/mol. The Balaban J connectivity index is 1.67. The number of piperidine rings is 1. The van der Waals surface area contributed by atoms with Crippen molar-refractivity contribution in [3.63, 3.8) is 0 Å². The van der Waals surface area contributed by atoms with Gasteiger partial charge in [0.1, 0.15) is 0 Å². The van der Waals surface area contributed by atoms with Crippen molar-refractivity contribution in [3.8, 4) is 0 Å². The highest BCUT2D eigenvalue weighted by Gasteiger charge is 2.20. The Hall–Kier alpha value is -1.65. The van der Waals surface area contributed by atoms with Gasteiger partial charge < -0.3 is 9.80 Å². The van der Waals surface area contributed by atoms with E-state index in [1.165, 1.54) is 36.9 Å². The number of amides is 1. The average Bonchev–Trinajstić information content (AvgIpc) is 2.70. The van der Waals surface area contributed by atoms with Crippen LogP contribution in [0.15, 0.2) is 53.0 Å². The second-order valence-corrected chi connectivity index (χ2v) is 8.87. The number of nitrogens with zero attached hydrogens (tertiary/aromatic N) is 2. The molecule has 0 aromatic heterocycles. The number of likely N-dealkylation sites (tertiary alicyclic amines) is 1. The molecule has 1 aliphatic rings. The quantitative estimate of drug-likeness (QED) is 0.551. The number of halogens is 1. The molecule has 0 radical (unpaired) electrons. The summed E-state index contributed by atoms with van der Waals surface area (Å²) in [5, 5.41) is 0. The van der Waals surface area contributed by atoms with E-state index in [-0.39, 0.29) is 5.91 Å². The molecule has 3 nitrogen and oxygen atoms in total. The molecule has 1 aliphatic heterocycles. The predicted molar refractivity (Wildman–Crippen MR) is 120 cm³/mol. The lowest BCUT2D eigenvalue weighted by molar-refractivity contribution is 0.0726. The highest BCUT2D eigenvalue weighted by molar-refractivity contribution is 9.10. The van der Waals surface area contributed by atoms with Gasteiger partial charge in [-0.3, -0.25) is 4.79 Å². The molecule has 2 aromatic rings. The van der Waals surface area contributed by atoms with Crippen molar-refractivity contribution in [2.24, 2.45) is 0 Å². The van der Waals surface area contributed by atoms with Crippen LogP contribution >= 0.6 is 15.9 Å². The Morgan fingerprint density at radius 2 is 1.82 bits per heavy atom. The minimum absolute atomic E-state index is 0.111. The Kier molecular flexibility index (Phi) is 7.69. The summed E-state index contributed by atoms with van der Waals surface area (Å²) in [6, 6.07) is 16.8. The van der Waals surface area contributed by atoms with Crippen LogP contribution in [0, 0.1) is 6.92 Å². The van der Waals surface area contributed by atoms with Crippen LogP contribution in [-0.4, -0.2) is 41.4 Å². The molecule has 1 unspecified atom stereocenters. The van der Waals surface area contributed by atoms with Crippen LogP contribution in [0.25, 0.3) is 0 Å². The molecular weight excluding hydrogens is 412 g/mol. The topological polar surface area (TPSA) is 23.6 Å². The fourth-order valence-corrected chi connectivity index (χ4v) is 4.16. The molecule has 2 aromatic carbocycles. The van der Waals surface area contributed by atoms with E-state index in [1.807, 2.05) is 29.2 Å². The van der Waals surface area contributed by atoms with Crippen molar-refractivity contribution < 1.29 is 4.79 Å². The summed E-state index contributed by atoms with van der Waals surface area (Å²) in [6.07, 6.45) is 4.96. The summed E-state index contributed by atoms with van der Waals surface area (Å²) in [5.41, 5.74) is 3.18. The maximum atomic E-state index is 13.2. The van der Waals surface area contributed by atoms with E-state index in [4.69, 9.17) is 0 Å². The van der Waals surface area contributed by atoms with Gasteiger partial charge in [0, 0.05) is 35.7 Å².